The molecule has 0 saturated carbocycles. The van der Waals surface area contributed by atoms with Crippen molar-refractivity contribution in [3.8, 4) is 0 Å². The number of halogens is 1. The Labute approximate surface area is 104 Å². The zero-order valence-corrected chi connectivity index (χ0v) is 11.4. The molecule has 0 radical (unpaired) electrons. The van der Waals surface area contributed by atoms with Crippen molar-refractivity contribution >= 4 is 21.8 Å². The molecule has 5 heteroatoms. The van der Waals surface area contributed by atoms with Gasteiger partial charge in [0.2, 0.25) is 0 Å². The maximum Gasteiger partial charge on any atom is 0.255 e. The maximum absolute atomic E-state index is 12.2. The van der Waals surface area contributed by atoms with Gasteiger partial charge in [-0.1, -0.05) is 15.9 Å². The first kappa shape index (κ1) is 13.1. The molecule has 0 saturated heterocycles. The van der Waals surface area contributed by atoms with Gasteiger partial charge in [-0.15, -0.1) is 0 Å². The van der Waals surface area contributed by atoms with Crippen molar-refractivity contribution in [2.24, 2.45) is 0 Å². The maximum atomic E-state index is 12.2. The number of hydrogen-bond acceptors (Lipinski definition) is 3. The Morgan fingerprint density at radius 1 is 1.44 bits per heavy atom. The normalized spacial score (nSPS) is 10.2. The quantitative estimate of drug-likeness (QED) is 0.795. The summed E-state index contributed by atoms with van der Waals surface area (Å²) in [5.74, 6) is 0.0254. The number of aromatic nitrogens is 2. The molecule has 0 N–H and O–H groups in total. The zero-order chi connectivity index (χ0) is 12.1. The Hall–Kier alpha value is -0.970. The van der Waals surface area contributed by atoms with Crippen LogP contribution in [-0.2, 0) is 0 Å². The van der Waals surface area contributed by atoms with Crippen LogP contribution in [0.15, 0.2) is 6.07 Å². The van der Waals surface area contributed by atoms with Crippen molar-refractivity contribution in [2.45, 2.75) is 20.8 Å². The Kier molecular flexibility index (Phi) is 4.86. The van der Waals surface area contributed by atoms with Gasteiger partial charge in [0.05, 0.1) is 17.0 Å². The lowest BCUT2D eigenvalue weighted by molar-refractivity contribution is 0.0773. The van der Waals surface area contributed by atoms with E-state index in [2.05, 4.69) is 26.1 Å². The Bertz CT molecular complexity index is 381. The molecule has 0 unspecified atom stereocenters. The molecule has 1 rings (SSSR count). The summed E-state index contributed by atoms with van der Waals surface area (Å²) in [6, 6.07) is 1.79. The predicted molar refractivity (Wildman–Crippen MR) is 66.9 cm³/mol. The second-order valence-corrected chi connectivity index (χ2v) is 4.35. The molecule has 4 nitrogen and oxygen atoms in total. The fourth-order valence-electron chi connectivity index (χ4n) is 1.44. The van der Waals surface area contributed by atoms with E-state index < -0.39 is 0 Å². The Balaban J connectivity index is 2.98. The van der Waals surface area contributed by atoms with Crippen molar-refractivity contribution in [2.75, 3.05) is 18.4 Å². The van der Waals surface area contributed by atoms with E-state index in [0.717, 1.165) is 11.0 Å². The second-order valence-electron chi connectivity index (χ2n) is 3.56. The highest BCUT2D eigenvalue weighted by Crippen LogP contribution is 2.09. The Morgan fingerprint density at radius 2 is 2.12 bits per heavy atom. The molecule has 0 aliphatic carbocycles. The molecule has 0 aromatic carbocycles. The molecule has 0 bridgehead atoms. The van der Waals surface area contributed by atoms with Crippen LogP contribution in [0.2, 0.25) is 0 Å². The Morgan fingerprint density at radius 3 is 2.69 bits per heavy atom. The highest BCUT2D eigenvalue weighted by atomic mass is 79.9. The first-order chi connectivity index (χ1) is 7.60. The minimum absolute atomic E-state index is 0.0254. The van der Waals surface area contributed by atoms with Gasteiger partial charge >= 0.3 is 0 Å². The van der Waals surface area contributed by atoms with Gasteiger partial charge in [0.1, 0.15) is 0 Å². The highest BCUT2D eigenvalue weighted by molar-refractivity contribution is 9.09. The van der Waals surface area contributed by atoms with Gasteiger partial charge in [-0.25, -0.2) is 0 Å². The van der Waals surface area contributed by atoms with E-state index in [1.54, 1.807) is 11.0 Å². The lowest BCUT2D eigenvalue weighted by Gasteiger charge is -2.20. The number of carbonyl (C=O) groups excluding carboxylic acids is 1. The molecule has 0 aliphatic rings. The van der Waals surface area contributed by atoms with Crippen LogP contribution in [0, 0.1) is 13.8 Å². The summed E-state index contributed by atoms with van der Waals surface area (Å²) in [6.07, 6.45) is 0. The summed E-state index contributed by atoms with van der Waals surface area (Å²) in [5, 5.41) is 8.67. The molecular formula is C11H16BrN3O. The smallest absolute Gasteiger partial charge is 0.255 e. The number of carbonyl (C=O) groups is 1. The molecule has 1 amide bonds. The lowest BCUT2D eigenvalue weighted by Crippen LogP contribution is -2.33. The van der Waals surface area contributed by atoms with Crippen molar-refractivity contribution in [1.82, 2.24) is 15.1 Å². The first-order valence-corrected chi connectivity index (χ1v) is 6.38. The molecule has 88 valence electrons. The van der Waals surface area contributed by atoms with Crippen molar-refractivity contribution in [3.05, 3.63) is 23.0 Å². The van der Waals surface area contributed by atoms with Gasteiger partial charge in [-0.05, 0) is 26.8 Å². The van der Waals surface area contributed by atoms with E-state index in [-0.39, 0.29) is 5.91 Å². The van der Waals surface area contributed by atoms with E-state index in [1.807, 2.05) is 20.8 Å². The topological polar surface area (TPSA) is 46.1 Å². The third kappa shape index (κ3) is 3.01. The first-order valence-electron chi connectivity index (χ1n) is 5.26. The van der Waals surface area contributed by atoms with Crippen molar-refractivity contribution in [3.63, 3.8) is 0 Å². The van der Waals surface area contributed by atoms with Crippen LogP contribution in [0.5, 0.6) is 0 Å². The highest BCUT2D eigenvalue weighted by Gasteiger charge is 2.16. The van der Waals surface area contributed by atoms with Gasteiger partial charge in [0.25, 0.3) is 5.91 Å². The minimum Gasteiger partial charge on any atom is -0.338 e. The van der Waals surface area contributed by atoms with Crippen LogP contribution < -0.4 is 0 Å². The standard InChI is InChI=1S/C11H16BrN3O/c1-4-15(6-5-12)11(16)10-7-8(2)13-14-9(10)3/h7H,4-6H2,1-3H3. The molecule has 0 fully saturated rings. The summed E-state index contributed by atoms with van der Waals surface area (Å²) in [4.78, 5) is 14.0. The molecule has 0 aliphatic heterocycles. The summed E-state index contributed by atoms with van der Waals surface area (Å²) in [7, 11) is 0. The van der Waals surface area contributed by atoms with Crippen LogP contribution in [0.1, 0.15) is 28.7 Å². The van der Waals surface area contributed by atoms with Crippen LogP contribution in [0.25, 0.3) is 0 Å². The van der Waals surface area contributed by atoms with Gasteiger partial charge in [0.15, 0.2) is 0 Å². The average Bonchev–Trinajstić information content (AvgIpc) is 2.28. The van der Waals surface area contributed by atoms with Gasteiger partial charge in [-0.3, -0.25) is 4.79 Å². The predicted octanol–water partition coefficient (Wildman–Crippen LogP) is 1.95. The summed E-state index contributed by atoms with van der Waals surface area (Å²) in [6.45, 7) is 7.02. The number of hydrogen-bond donors (Lipinski definition) is 0. The number of alkyl halides is 1. The number of aryl methyl sites for hydroxylation is 2. The third-order valence-electron chi connectivity index (χ3n) is 2.35. The molecule has 1 aromatic heterocycles. The molecule has 1 aromatic rings. The number of rotatable bonds is 4. The van der Waals surface area contributed by atoms with Crippen molar-refractivity contribution < 1.29 is 4.79 Å². The monoisotopic (exact) mass is 285 g/mol. The number of amides is 1. The fourth-order valence-corrected chi connectivity index (χ4v) is 1.87. The largest absolute Gasteiger partial charge is 0.338 e. The lowest BCUT2D eigenvalue weighted by atomic mass is 10.1. The molecular weight excluding hydrogens is 270 g/mol. The van der Waals surface area contributed by atoms with E-state index in [9.17, 15) is 4.79 Å². The van der Waals surface area contributed by atoms with Crippen LogP contribution in [0.3, 0.4) is 0 Å². The molecule has 1 heterocycles. The molecule has 16 heavy (non-hydrogen) atoms. The second kappa shape index (κ2) is 5.94. The van der Waals surface area contributed by atoms with E-state index in [1.165, 1.54) is 0 Å². The summed E-state index contributed by atoms with van der Waals surface area (Å²) < 4.78 is 0. The number of nitrogens with zero attached hydrogens (tertiary/aromatic N) is 3. The van der Waals surface area contributed by atoms with Gasteiger partial charge in [0, 0.05) is 18.4 Å². The average molecular weight is 286 g/mol. The minimum atomic E-state index is 0.0254. The van der Waals surface area contributed by atoms with Crippen molar-refractivity contribution in [1.29, 1.82) is 0 Å². The van der Waals surface area contributed by atoms with E-state index >= 15 is 0 Å². The van der Waals surface area contributed by atoms with E-state index in [4.69, 9.17) is 0 Å². The van der Waals surface area contributed by atoms with E-state index in [0.29, 0.717) is 24.3 Å². The van der Waals surface area contributed by atoms with Crippen LogP contribution in [-0.4, -0.2) is 39.4 Å². The third-order valence-corrected chi connectivity index (χ3v) is 2.71. The SMILES string of the molecule is CCN(CCBr)C(=O)c1cc(C)nnc1C. The zero-order valence-electron chi connectivity index (χ0n) is 9.83. The van der Waals surface area contributed by atoms with Gasteiger partial charge in [-0.2, -0.15) is 10.2 Å². The van der Waals surface area contributed by atoms with Crippen LogP contribution >= 0.6 is 15.9 Å². The fraction of sp³-hybridized carbons (Fsp3) is 0.545. The van der Waals surface area contributed by atoms with Gasteiger partial charge < -0.3 is 4.90 Å². The van der Waals surface area contributed by atoms with Crippen LogP contribution in [0.4, 0.5) is 0 Å². The summed E-state index contributed by atoms with van der Waals surface area (Å²) in [5.41, 5.74) is 2.10. The molecule has 0 spiro atoms. The molecule has 0 atom stereocenters. The summed E-state index contributed by atoms with van der Waals surface area (Å²) >= 11 is 3.34.